The highest BCUT2D eigenvalue weighted by atomic mass is 35.5. The lowest BCUT2D eigenvalue weighted by molar-refractivity contribution is 0.0337. The van der Waals surface area contributed by atoms with Gasteiger partial charge in [-0.15, -0.1) is 11.3 Å². The Balaban J connectivity index is 1.60. The van der Waals surface area contributed by atoms with E-state index in [1.165, 1.54) is 0 Å². The van der Waals surface area contributed by atoms with E-state index in [0.29, 0.717) is 16.2 Å². The molecule has 0 aliphatic carbocycles. The van der Waals surface area contributed by atoms with Crippen molar-refractivity contribution in [3.63, 3.8) is 0 Å². The summed E-state index contributed by atoms with van der Waals surface area (Å²) >= 11 is 7.63. The van der Waals surface area contributed by atoms with Crippen LogP contribution in [0.4, 0.5) is 0 Å². The monoisotopic (exact) mass is 518 g/mol. The Bertz CT molecular complexity index is 1290. The predicted octanol–water partition coefficient (Wildman–Crippen LogP) is 6.35. The lowest BCUT2D eigenvalue weighted by Crippen LogP contribution is -2.35. The number of rotatable bonds is 9. The molecule has 0 unspecified atom stereocenters. The molecule has 0 saturated carbocycles. The van der Waals surface area contributed by atoms with E-state index >= 15 is 0 Å². The number of aliphatic imine (C=N–C) groups is 1. The van der Waals surface area contributed by atoms with Crippen molar-refractivity contribution in [2.45, 2.75) is 20.1 Å². The Hall–Kier alpha value is -3.28. The first-order valence-electron chi connectivity index (χ1n) is 11.6. The van der Waals surface area contributed by atoms with Crippen LogP contribution in [0.3, 0.4) is 0 Å². The van der Waals surface area contributed by atoms with Gasteiger partial charge in [0.2, 0.25) is 5.88 Å². The average molecular weight is 519 g/mol. The summed E-state index contributed by atoms with van der Waals surface area (Å²) in [4.78, 5) is 12.4. The summed E-state index contributed by atoms with van der Waals surface area (Å²) in [7, 11) is 0. The first-order chi connectivity index (χ1) is 17.6. The number of ether oxygens (including phenoxy) is 2. The zero-order valence-corrected chi connectivity index (χ0v) is 21.7. The Labute approximate surface area is 220 Å². The number of aromatic nitrogens is 1. The maximum atomic E-state index is 9.95. The maximum Gasteiger partial charge on any atom is 0.232 e. The van der Waals surface area contributed by atoms with E-state index in [-0.39, 0.29) is 12.5 Å². The summed E-state index contributed by atoms with van der Waals surface area (Å²) in [5.41, 5.74) is 3.99. The van der Waals surface area contributed by atoms with Crippen LogP contribution in [-0.4, -0.2) is 42.9 Å². The predicted molar refractivity (Wildman–Crippen MR) is 146 cm³/mol. The summed E-state index contributed by atoms with van der Waals surface area (Å²) in [5, 5.41) is 11.4. The van der Waals surface area contributed by atoms with Gasteiger partial charge in [-0.3, -0.25) is 4.90 Å². The highest BCUT2D eigenvalue weighted by molar-refractivity contribution is 7.15. The molecule has 0 atom stereocenters. The number of hydrogen-bond acceptors (Lipinski definition) is 7. The van der Waals surface area contributed by atoms with Crippen molar-refractivity contribution in [2.24, 2.45) is 4.99 Å². The van der Waals surface area contributed by atoms with Crippen LogP contribution in [0, 0.1) is 11.3 Å². The number of morpholine rings is 1. The molecule has 2 aromatic carbocycles. The normalized spacial score (nSPS) is 15.2. The lowest BCUT2D eigenvalue weighted by atomic mass is 9.99. The fourth-order valence-electron chi connectivity index (χ4n) is 3.99. The second-order valence-electron chi connectivity index (χ2n) is 8.09. The van der Waals surface area contributed by atoms with Crippen molar-refractivity contribution in [1.29, 1.82) is 5.26 Å². The van der Waals surface area contributed by atoms with Gasteiger partial charge in [-0.25, -0.2) is 9.98 Å². The molecule has 36 heavy (non-hydrogen) atoms. The smallest absolute Gasteiger partial charge is 0.232 e. The summed E-state index contributed by atoms with van der Waals surface area (Å²) < 4.78 is 11.5. The molecular formula is C28H27ClN4O2S. The first-order valence-corrected chi connectivity index (χ1v) is 12.8. The molecule has 0 bridgehead atoms. The highest BCUT2D eigenvalue weighted by Crippen LogP contribution is 2.33. The van der Waals surface area contributed by atoms with Gasteiger partial charge in [-0.05, 0) is 36.9 Å². The zero-order valence-electron chi connectivity index (χ0n) is 20.1. The van der Waals surface area contributed by atoms with Gasteiger partial charge in [-0.1, -0.05) is 60.1 Å². The molecule has 1 aliphatic rings. The quantitative estimate of drug-likeness (QED) is 0.143. The fraction of sp³-hybridized carbons (Fsp3) is 0.250. The molecule has 0 radical (unpaired) electrons. The number of halogens is 1. The van der Waals surface area contributed by atoms with E-state index in [1.54, 1.807) is 23.5 Å². The van der Waals surface area contributed by atoms with Crippen LogP contribution in [-0.2, 0) is 22.6 Å². The maximum absolute atomic E-state index is 9.95. The third-order valence-corrected chi connectivity index (χ3v) is 7.14. The minimum absolute atomic E-state index is 0.173. The van der Waals surface area contributed by atoms with Crippen molar-refractivity contribution < 1.29 is 9.47 Å². The zero-order chi connectivity index (χ0) is 25.3. The van der Waals surface area contributed by atoms with Gasteiger partial charge in [0.15, 0.2) is 0 Å². The molecule has 3 aromatic rings. The minimum atomic E-state index is 0.173. The van der Waals surface area contributed by atoms with E-state index < -0.39 is 0 Å². The molecule has 1 fully saturated rings. The molecule has 2 heterocycles. The summed E-state index contributed by atoms with van der Waals surface area (Å²) in [6, 6.07) is 19.8. The third-order valence-electron chi connectivity index (χ3n) is 5.77. The fourth-order valence-corrected chi connectivity index (χ4v) is 5.11. The number of allylic oxidation sites excluding steroid dienone is 3. The van der Waals surface area contributed by atoms with Gasteiger partial charge in [-0.2, -0.15) is 5.26 Å². The molecule has 1 aliphatic heterocycles. The molecule has 0 spiro atoms. The third kappa shape index (κ3) is 6.28. The Morgan fingerprint density at radius 1 is 1.22 bits per heavy atom. The molecule has 8 heteroatoms. The standard InChI is InChI=1S/C28H27ClN4O2S/c1-3-23(20-9-11-22(29)12-10-20)24(17-30)28(31-2)35-19-26-32-25(18-33-13-15-34-16-14-33)27(36-26)21-7-5-4-6-8-21/h3-12H,2,13-16,18-19H2,1H3/b23-3-,28-24+. The number of thiazole rings is 1. The van der Waals surface area contributed by atoms with Crippen LogP contribution in [0.1, 0.15) is 23.2 Å². The van der Waals surface area contributed by atoms with Crippen molar-refractivity contribution in [3.8, 4) is 16.5 Å². The number of nitriles is 1. The molecule has 1 saturated heterocycles. The number of benzene rings is 2. The summed E-state index contributed by atoms with van der Waals surface area (Å²) in [6.07, 6.45) is 1.85. The average Bonchev–Trinajstić information content (AvgIpc) is 3.32. The second kappa shape index (κ2) is 12.6. The van der Waals surface area contributed by atoms with E-state index in [1.807, 2.05) is 43.3 Å². The van der Waals surface area contributed by atoms with Gasteiger partial charge in [0.1, 0.15) is 23.3 Å². The number of hydrogen-bond donors (Lipinski definition) is 0. The SMILES string of the molecule is C=N/C(OCc1nc(CN2CCOCC2)c(-c2ccccc2)s1)=C(C#N)\C(=C/C)c1ccc(Cl)cc1. The second-order valence-corrected chi connectivity index (χ2v) is 9.61. The molecule has 6 nitrogen and oxygen atoms in total. The van der Waals surface area contributed by atoms with Crippen LogP contribution >= 0.6 is 22.9 Å². The highest BCUT2D eigenvalue weighted by Gasteiger charge is 2.20. The van der Waals surface area contributed by atoms with Gasteiger partial charge in [0, 0.05) is 30.2 Å². The molecular weight excluding hydrogens is 492 g/mol. The van der Waals surface area contributed by atoms with Gasteiger partial charge < -0.3 is 9.47 Å². The molecule has 4 rings (SSSR count). The molecule has 184 valence electrons. The largest absolute Gasteiger partial charge is 0.469 e. The molecule has 0 N–H and O–H groups in total. The van der Waals surface area contributed by atoms with Crippen LogP contribution in [0.25, 0.3) is 16.0 Å². The van der Waals surface area contributed by atoms with Crippen molar-refractivity contribution in [1.82, 2.24) is 9.88 Å². The summed E-state index contributed by atoms with van der Waals surface area (Å²) in [5.74, 6) is 0.173. The summed E-state index contributed by atoms with van der Waals surface area (Å²) in [6.45, 7) is 9.68. The van der Waals surface area contributed by atoms with Gasteiger partial charge >= 0.3 is 0 Å². The van der Waals surface area contributed by atoms with Crippen LogP contribution in [0.5, 0.6) is 0 Å². The van der Waals surface area contributed by atoms with Crippen LogP contribution < -0.4 is 0 Å². The molecule has 1 aromatic heterocycles. The van der Waals surface area contributed by atoms with Crippen LogP contribution in [0.2, 0.25) is 5.02 Å². The van der Waals surface area contributed by atoms with E-state index in [4.69, 9.17) is 26.1 Å². The van der Waals surface area contributed by atoms with Crippen molar-refractivity contribution in [3.05, 3.63) is 93.4 Å². The van der Waals surface area contributed by atoms with Gasteiger partial charge in [0.05, 0.1) is 23.8 Å². The van der Waals surface area contributed by atoms with Crippen molar-refractivity contribution in [2.75, 3.05) is 26.3 Å². The topological polar surface area (TPSA) is 70.7 Å². The Kier molecular flexibility index (Phi) is 9.04. The Morgan fingerprint density at radius 3 is 2.58 bits per heavy atom. The first kappa shape index (κ1) is 25.8. The van der Waals surface area contributed by atoms with E-state index in [9.17, 15) is 5.26 Å². The lowest BCUT2D eigenvalue weighted by Gasteiger charge is -2.26. The van der Waals surface area contributed by atoms with E-state index in [2.05, 4.69) is 34.8 Å². The Morgan fingerprint density at radius 2 is 1.94 bits per heavy atom. The van der Waals surface area contributed by atoms with Gasteiger partial charge in [0.25, 0.3) is 0 Å². The van der Waals surface area contributed by atoms with Crippen molar-refractivity contribution >= 4 is 35.2 Å². The minimum Gasteiger partial charge on any atom is -0.469 e. The molecule has 0 amide bonds. The van der Waals surface area contributed by atoms with Crippen LogP contribution in [0.15, 0.2) is 77.1 Å². The number of nitrogens with zero attached hydrogens (tertiary/aromatic N) is 4. The van der Waals surface area contributed by atoms with E-state index in [0.717, 1.165) is 59.6 Å².